The minimum Gasteiger partial charge on any atom is -0.462 e. The number of aliphatic hydroxyl groups is 1. The van der Waals surface area contributed by atoms with Crippen molar-refractivity contribution in [3.05, 3.63) is 24.3 Å². The van der Waals surface area contributed by atoms with Crippen molar-refractivity contribution in [3.8, 4) is 0 Å². The highest BCUT2D eigenvalue weighted by molar-refractivity contribution is 7.47. The molecule has 0 aromatic rings. The van der Waals surface area contributed by atoms with Gasteiger partial charge < -0.3 is 33.8 Å². The Morgan fingerprint density at radius 3 is 0.921 bits per heavy atom. The molecule has 0 radical (unpaired) electrons. The number of phosphoric acid groups is 2. The Balaban J connectivity index is 5.22. The number of phosphoric ester groups is 2. The normalized spacial score (nSPS) is 14.3. The molecule has 0 bridgehead atoms. The van der Waals surface area contributed by atoms with Crippen LogP contribution in [0.3, 0.4) is 0 Å². The molecule has 0 saturated heterocycles. The van der Waals surface area contributed by atoms with Crippen LogP contribution in [0.25, 0.3) is 0 Å². The summed E-state index contributed by atoms with van der Waals surface area (Å²) < 4.78 is 68.1. The molecule has 5 atom stereocenters. The number of esters is 4. The van der Waals surface area contributed by atoms with Crippen LogP contribution in [0.4, 0.5) is 0 Å². The number of allylic oxidation sites excluding steroid dienone is 4. The molecule has 0 aromatic carbocycles. The zero-order chi connectivity index (χ0) is 65.6. The number of carbonyl (C=O) groups excluding carboxylic acids is 4. The molecule has 19 heteroatoms. The van der Waals surface area contributed by atoms with Crippen LogP contribution in [-0.4, -0.2) is 96.7 Å². The average Bonchev–Trinajstić information content (AvgIpc) is 3.72. The van der Waals surface area contributed by atoms with Crippen LogP contribution in [0, 0.1) is 5.92 Å². The number of rotatable bonds is 68. The lowest BCUT2D eigenvalue weighted by molar-refractivity contribution is -0.161. The molecule has 0 aliphatic carbocycles. The van der Waals surface area contributed by atoms with Crippen LogP contribution in [0.1, 0.15) is 336 Å². The van der Waals surface area contributed by atoms with E-state index in [-0.39, 0.29) is 25.7 Å². The quantitative estimate of drug-likeness (QED) is 0.0169. The molecule has 89 heavy (non-hydrogen) atoms. The summed E-state index contributed by atoms with van der Waals surface area (Å²) in [7, 11) is -9.90. The predicted molar refractivity (Wildman–Crippen MR) is 358 cm³/mol. The van der Waals surface area contributed by atoms with Gasteiger partial charge in [-0.05, 0) is 57.3 Å². The molecular weight excluding hydrogens is 1170 g/mol. The minimum atomic E-state index is -4.96. The molecule has 0 amide bonds. The second-order valence-corrected chi connectivity index (χ2v) is 28.0. The van der Waals surface area contributed by atoms with Gasteiger partial charge in [0.25, 0.3) is 0 Å². The van der Waals surface area contributed by atoms with Gasteiger partial charge in [0.15, 0.2) is 12.2 Å². The van der Waals surface area contributed by atoms with E-state index in [2.05, 4.69) is 58.9 Å². The molecule has 0 aliphatic heterocycles. The van der Waals surface area contributed by atoms with E-state index in [9.17, 15) is 43.2 Å². The van der Waals surface area contributed by atoms with Gasteiger partial charge in [-0.3, -0.25) is 37.3 Å². The molecule has 0 aromatic heterocycles. The highest BCUT2D eigenvalue weighted by Gasteiger charge is 2.30. The van der Waals surface area contributed by atoms with Crippen LogP contribution in [0.2, 0.25) is 0 Å². The summed E-state index contributed by atoms with van der Waals surface area (Å²) >= 11 is 0. The molecule has 0 fully saturated rings. The number of ether oxygens (including phenoxy) is 4. The van der Waals surface area contributed by atoms with Gasteiger partial charge in [-0.25, -0.2) is 9.13 Å². The van der Waals surface area contributed by atoms with Crippen LogP contribution in [0.5, 0.6) is 0 Å². The summed E-state index contributed by atoms with van der Waals surface area (Å²) in [5.41, 5.74) is 0. The van der Waals surface area contributed by atoms with Gasteiger partial charge >= 0.3 is 39.5 Å². The third-order valence-corrected chi connectivity index (χ3v) is 17.6. The van der Waals surface area contributed by atoms with Crippen molar-refractivity contribution in [2.75, 3.05) is 39.6 Å². The van der Waals surface area contributed by atoms with Crippen molar-refractivity contribution in [3.63, 3.8) is 0 Å². The van der Waals surface area contributed by atoms with E-state index < -0.39 is 97.5 Å². The summed E-state index contributed by atoms with van der Waals surface area (Å²) in [6, 6.07) is 0. The lowest BCUT2D eigenvalue weighted by atomic mass is 10.0. The van der Waals surface area contributed by atoms with Crippen LogP contribution >= 0.6 is 15.6 Å². The molecule has 0 rings (SSSR count). The SMILES string of the molecule is CCCCCC/C=C\C=C/CCCCCCCC(=O)OC[C@H](COP(=O)(O)OC[C@@H](O)COP(=O)(O)OC[C@@H](COC(=O)CCCCCCCCCC)OC(=O)CCCCCCCCCC)OC(=O)CCCCCCCCCCCCCCCCCC(C)C. The maximum Gasteiger partial charge on any atom is 0.472 e. The molecular formula is C70H132O17P2. The second-order valence-electron chi connectivity index (χ2n) is 25.1. The largest absolute Gasteiger partial charge is 0.472 e. The molecule has 3 N–H and O–H groups in total. The third kappa shape index (κ3) is 64.1. The van der Waals surface area contributed by atoms with E-state index in [1.165, 1.54) is 128 Å². The number of aliphatic hydroxyl groups excluding tert-OH is 1. The first kappa shape index (κ1) is 86.5. The van der Waals surface area contributed by atoms with Gasteiger partial charge in [-0.2, -0.15) is 0 Å². The summed E-state index contributed by atoms with van der Waals surface area (Å²) in [5.74, 6) is -1.36. The monoisotopic (exact) mass is 1310 g/mol. The van der Waals surface area contributed by atoms with Gasteiger partial charge in [0.1, 0.15) is 19.3 Å². The topological polar surface area (TPSA) is 237 Å². The zero-order valence-corrected chi connectivity index (χ0v) is 58.8. The summed E-state index contributed by atoms with van der Waals surface area (Å²) in [5, 5.41) is 10.6. The van der Waals surface area contributed by atoms with E-state index in [4.69, 9.17) is 37.0 Å². The van der Waals surface area contributed by atoms with Crippen molar-refractivity contribution in [2.45, 2.75) is 355 Å². The van der Waals surface area contributed by atoms with Crippen molar-refractivity contribution >= 4 is 39.5 Å². The maximum absolute atomic E-state index is 13.0. The van der Waals surface area contributed by atoms with Crippen LogP contribution in [-0.2, 0) is 65.4 Å². The third-order valence-electron chi connectivity index (χ3n) is 15.7. The molecule has 2 unspecified atom stereocenters. The number of unbranched alkanes of at least 4 members (excludes halogenated alkanes) is 37. The smallest absolute Gasteiger partial charge is 0.462 e. The molecule has 0 aliphatic rings. The first-order valence-corrected chi connectivity index (χ1v) is 38.9. The van der Waals surface area contributed by atoms with Crippen molar-refractivity contribution in [2.24, 2.45) is 5.92 Å². The lowest BCUT2D eigenvalue weighted by Crippen LogP contribution is -2.30. The van der Waals surface area contributed by atoms with Crippen molar-refractivity contribution in [1.29, 1.82) is 0 Å². The fourth-order valence-electron chi connectivity index (χ4n) is 10.1. The van der Waals surface area contributed by atoms with E-state index in [1.807, 2.05) is 0 Å². The zero-order valence-electron chi connectivity index (χ0n) is 57.0. The molecule has 0 spiro atoms. The van der Waals surface area contributed by atoms with Gasteiger partial charge in [0, 0.05) is 25.7 Å². The number of hydrogen-bond acceptors (Lipinski definition) is 15. The standard InChI is InChI=1S/C70H132O17P2/c1-6-9-12-15-18-21-22-23-25-29-32-35-40-44-49-54-68(73)81-60-66(87-70(75)56-51-46-41-36-33-30-27-24-26-28-31-34-37-42-47-52-63(4)5)62-85-89(78,79)83-58-64(71)57-82-88(76,77)84-61-65(86-69(74)55-50-45-39-20-17-14-11-8-3)59-80-67(72)53-48-43-38-19-16-13-10-7-2/h21-23,25,63-66,71H,6-20,24,26-62H2,1-5H3,(H,76,77)(H,78,79)/b22-21-,25-23-/t64-,65+,66+/m0/s1. The van der Waals surface area contributed by atoms with Crippen LogP contribution in [0.15, 0.2) is 24.3 Å². The highest BCUT2D eigenvalue weighted by atomic mass is 31.2. The van der Waals surface area contributed by atoms with Gasteiger partial charge in [-0.1, -0.05) is 284 Å². The Bertz CT molecular complexity index is 1810. The predicted octanol–water partition coefficient (Wildman–Crippen LogP) is 19.7. The first-order chi connectivity index (χ1) is 43.0. The molecule has 17 nitrogen and oxygen atoms in total. The minimum absolute atomic E-state index is 0.101. The Morgan fingerprint density at radius 1 is 0.348 bits per heavy atom. The number of carbonyl (C=O) groups is 4. The van der Waals surface area contributed by atoms with E-state index in [0.717, 1.165) is 128 Å². The molecule has 524 valence electrons. The first-order valence-electron chi connectivity index (χ1n) is 36.0. The Hall–Kier alpha value is -2.46. The van der Waals surface area contributed by atoms with Gasteiger partial charge in [-0.15, -0.1) is 0 Å². The molecule has 0 heterocycles. The Labute approximate surface area is 542 Å². The fraction of sp³-hybridized carbons (Fsp3) is 0.886. The average molecular weight is 1310 g/mol. The molecule has 0 saturated carbocycles. The maximum atomic E-state index is 13.0. The second kappa shape index (κ2) is 63.0. The fourth-order valence-corrected chi connectivity index (χ4v) is 11.7. The van der Waals surface area contributed by atoms with Crippen molar-refractivity contribution < 1.29 is 80.2 Å². The summed E-state index contributed by atoms with van der Waals surface area (Å²) in [6.07, 6.45) is 52.3. The Kier molecular flexibility index (Phi) is 61.2. The highest BCUT2D eigenvalue weighted by Crippen LogP contribution is 2.45. The summed E-state index contributed by atoms with van der Waals surface area (Å²) in [6.45, 7) is 7.15. The summed E-state index contributed by atoms with van der Waals surface area (Å²) in [4.78, 5) is 72.3. The van der Waals surface area contributed by atoms with Gasteiger partial charge in [0.05, 0.1) is 26.4 Å². The van der Waals surface area contributed by atoms with Crippen LogP contribution < -0.4 is 0 Å². The lowest BCUT2D eigenvalue weighted by Gasteiger charge is -2.21. The number of hydrogen-bond donors (Lipinski definition) is 3. The van der Waals surface area contributed by atoms with E-state index in [1.54, 1.807) is 0 Å². The van der Waals surface area contributed by atoms with E-state index >= 15 is 0 Å². The van der Waals surface area contributed by atoms with Gasteiger partial charge in [0.2, 0.25) is 0 Å². The Morgan fingerprint density at radius 2 is 0.607 bits per heavy atom. The van der Waals surface area contributed by atoms with Crippen molar-refractivity contribution in [1.82, 2.24) is 0 Å². The van der Waals surface area contributed by atoms with E-state index in [0.29, 0.717) is 25.7 Å².